The van der Waals surface area contributed by atoms with Crippen LogP contribution in [0.5, 0.6) is 5.75 Å². The Hall–Kier alpha value is -1.80. The molecule has 9 heteroatoms. The lowest BCUT2D eigenvalue weighted by atomic mass is 10.2. The van der Waals surface area contributed by atoms with Gasteiger partial charge in [-0.3, -0.25) is 0 Å². The third-order valence-electron chi connectivity index (χ3n) is 2.67. The highest BCUT2D eigenvalue weighted by Crippen LogP contribution is 2.37. The predicted octanol–water partition coefficient (Wildman–Crippen LogP) is 3.83. The van der Waals surface area contributed by atoms with Gasteiger partial charge in [-0.1, -0.05) is 23.7 Å². The molecule has 2 rings (SSSR count). The van der Waals surface area contributed by atoms with Crippen molar-refractivity contribution in [3.63, 3.8) is 0 Å². The number of nitrogens with zero attached hydrogens (tertiary/aromatic N) is 1. The molecule has 2 aromatic rings. The highest BCUT2D eigenvalue weighted by Gasteiger charge is 2.35. The molecule has 1 aromatic heterocycles. The fraction of sp³-hybridized carbons (Fsp3) is 0.154. The molecule has 0 unspecified atom stereocenters. The van der Waals surface area contributed by atoms with E-state index < -0.39 is 27.6 Å². The molecule has 0 N–H and O–H groups in total. The van der Waals surface area contributed by atoms with Gasteiger partial charge in [0.2, 0.25) is 0 Å². The van der Waals surface area contributed by atoms with E-state index in [1.165, 1.54) is 19.1 Å². The van der Waals surface area contributed by atoms with Gasteiger partial charge < -0.3 is 4.18 Å². The summed E-state index contributed by atoms with van der Waals surface area (Å²) in [6.07, 6.45) is -3.82. The van der Waals surface area contributed by atoms with E-state index >= 15 is 0 Å². The summed E-state index contributed by atoms with van der Waals surface area (Å²) in [4.78, 5) is 3.26. The van der Waals surface area contributed by atoms with Crippen molar-refractivity contribution in [2.45, 2.75) is 18.0 Å². The van der Waals surface area contributed by atoms with Gasteiger partial charge in [0, 0.05) is 0 Å². The first-order valence-electron chi connectivity index (χ1n) is 5.84. The molecule has 0 saturated heterocycles. The molecule has 0 spiro atoms. The third kappa shape index (κ3) is 3.50. The van der Waals surface area contributed by atoms with Gasteiger partial charge in [0.25, 0.3) is 0 Å². The van der Waals surface area contributed by atoms with Crippen LogP contribution in [0.2, 0.25) is 5.15 Å². The van der Waals surface area contributed by atoms with Gasteiger partial charge in [-0.15, -0.1) is 0 Å². The Balaban J connectivity index is 2.44. The number of alkyl halides is 3. The molecule has 1 aromatic carbocycles. The molecule has 118 valence electrons. The summed E-state index contributed by atoms with van der Waals surface area (Å²) in [5.41, 5.74) is -0.826. The van der Waals surface area contributed by atoms with E-state index in [-0.39, 0.29) is 10.0 Å². The van der Waals surface area contributed by atoms with Crippen LogP contribution in [-0.2, 0) is 16.3 Å². The zero-order valence-corrected chi connectivity index (χ0v) is 12.6. The van der Waals surface area contributed by atoms with Crippen molar-refractivity contribution in [2.24, 2.45) is 0 Å². The van der Waals surface area contributed by atoms with Crippen molar-refractivity contribution in [3.8, 4) is 5.75 Å². The zero-order chi connectivity index (χ0) is 16.5. The largest absolute Gasteiger partial charge is 0.420 e. The number of aromatic nitrogens is 1. The monoisotopic (exact) mass is 351 g/mol. The van der Waals surface area contributed by atoms with Gasteiger partial charge in [-0.2, -0.15) is 21.6 Å². The molecule has 4 nitrogen and oxygen atoms in total. The smallest absolute Gasteiger partial charge is 0.378 e. The van der Waals surface area contributed by atoms with E-state index in [0.717, 1.165) is 24.4 Å². The molecule has 0 radical (unpaired) electrons. The fourth-order valence-corrected chi connectivity index (χ4v) is 2.69. The minimum atomic E-state index is -4.74. The van der Waals surface area contributed by atoms with Crippen molar-refractivity contribution in [1.82, 2.24) is 4.98 Å². The summed E-state index contributed by atoms with van der Waals surface area (Å²) >= 11 is 5.68. The zero-order valence-electron chi connectivity index (χ0n) is 11.1. The molecule has 0 amide bonds. The quantitative estimate of drug-likeness (QED) is 0.623. The van der Waals surface area contributed by atoms with Crippen molar-refractivity contribution >= 4 is 21.7 Å². The predicted molar refractivity (Wildman–Crippen MR) is 73.2 cm³/mol. The first-order valence-corrected chi connectivity index (χ1v) is 7.63. The Morgan fingerprint density at radius 2 is 1.86 bits per heavy atom. The van der Waals surface area contributed by atoms with Gasteiger partial charge in [-0.05, 0) is 30.7 Å². The highest BCUT2D eigenvalue weighted by atomic mass is 35.5. The first kappa shape index (κ1) is 16.6. The number of benzene rings is 1. The van der Waals surface area contributed by atoms with E-state index in [4.69, 9.17) is 11.6 Å². The number of hydrogen-bond acceptors (Lipinski definition) is 4. The van der Waals surface area contributed by atoms with Crippen LogP contribution in [0.25, 0.3) is 0 Å². The molecular weight excluding hydrogens is 343 g/mol. The van der Waals surface area contributed by atoms with Crippen LogP contribution in [0, 0.1) is 6.92 Å². The lowest BCUT2D eigenvalue weighted by molar-refractivity contribution is -0.138. The fourth-order valence-electron chi connectivity index (χ4n) is 1.61. The summed E-state index contributed by atoms with van der Waals surface area (Å²) in [6.45, 7) is 1.51. The van der Waals surface area contributed by atoms with E-state index in [2.05, 4.69) is 9.17 Å². The topological polar surface area (TPSA) is 56.3 Å². The number of aryl methyl sites for hydroxylation is 1. The lowest BCUT2D eigenvalue weighted by Crippen LogP contribution is -2.14. The molecule has 1 heterocycles. The van der Waals surface area contributed by atoms with Crippen LogP contribution in [0.3, 0.4) is 0 Å². The van der Waals surface area contributed by atoms with Crippen molar-refractivity contribution < 1.29 is 25.8 Å². The minimum absolute atomic E-state index is 0.0923. The summed E-state index contributed by atoms with van der Waals surface area (Å²) in [7, 11) is -4.46. The Morgan fingerprint density at radius 3 is 2.45 bits per heavy atom. The number of pyridine rings is 1. The van der Waals surface area contributed by atoms with Crippen molar-refractivity contribution in [1.29, 1.82) is 0 Å². The van der Waals surface area contributed by atoms with Crippen LogP contribution < -0.4 is 4.18 Å². The summed E-state index contributed by atoms with van der Waals surface area (Å²) < 4.78 is 67.3. The number of halogens is 4. The Bertz CT molecular complexity index is 806. The van der Waals surface area contributed by atoms with Crippen molar-refractivity contribution in [2.75, 3.05) is 0 Å². The number of para-hydroxylation sites is 1. The molecule has 0 aliphatic heterocycles. The highest BCUT2D eigenvalue weighted by molar-refractivity contribution is 7.87. The summed E-state index contributed by atoms with van der Waals surface area (Å²) in [6, 6.07) is 5.20. The van der Waals surface area contributed by atoms with E-state index in [9.17, 15) is 21.6 Å². The average Bonchev–Trinajstić information content (AvgIpc) is 2.40. The van der Waals surface area contributed by atoms with Gasteiger partial charge in [0.05, 0.1) is 11.8 Å². The second-order valence-corrected chi connectivity index (χ2v) is 6.21. The second kappa shape index (κ2) is 5.77. The Morgan fingerprint density at radius 1 is 1.23 bits per heavy atom. The first-order chi connectivity index (χ1) is 10.1. The molecule has 0 bridgehead atoms. The van der Waals surface area contributed by atoms with E-state index in [1.807, 2.05) is 0 Å². The van der Waals surface area contributed by atoms with Gasteiger partial charge in [0.1, 0.15) is 10.0 Å². The molecule has 22 heavy (non-hydrogen) atoms. The molecule has 0 aliphatic carbocycles. The minimum Gasteiger partial charge on any atom is -0.378 e. The van der Waals surface area contributed by atoms with Crippen LogP contribution in [0.4, 0.5) is 13.2 Å². The molecule has 0 atom stereocenters. The van der Waals surface area contributed by atoms with Crippen LogP contribution in [0.15, 0.2) is 41.4 Å². The van der Waals surface area contributed by atoms with Crippen LogP contribution in [-0.4, -0.2) is 13.4 Å². The van der Waals surface area contributed by atoms with E-state index in [1.54, 1.807) is 0 Å². The van der Waals surface area contributed by atoms with E-state index in [0.29, 0.717) is 5.56 Å². The SMILES string of the molecule is Cc1cc(S(=O)(=O)Oc2ccccc2C(F)(F)F)cnc1Cl. The van der Waals surface area contributed by atoms with Gasteiger partial charge in [0.15, 0.2) is 5.75 Å². The second-order valence-electron chi connectivity index (χ2n) is 4.31. The van der Waals surface area contributed by atoms with Crippen molar-refractivity contribution in [3.05, 3.63) is 52.8 Å². The Kier molecular flexibility index (Phi) is 4.35. The summed E-state index contributed by atoms with van der Waals surface area (Å²) in [5, 5.41) is 0.0923. The van der Waals surface area contributed by atoms with Crippen LogP contribution in [0.1, 0.15) is 11.1 Å². The third-order valence-corrected chi connectivity index (χ3v) is 4.27. The maximum Gasteiger partial charge on any atom is 0.420 e. The molecule has 0 fully saturated rings. The molecular formula is C13H9ClF3NO3S. The maximum absolute atomic E-state index is 12.8. The van der Waals surface area contributed by atoms with Gasteiger partial charge in [-0.25, -0.2) is 4.98 Å². The lowest BCUT2D eigenvalue weighted by Gasteiger charge is -2.13. The standard InChI is InChI=1S/C13H9ClF3NO3S/c1-8-6-9(7-18-12(8)14)22(19,20)21-11-5-3-2-4-10(11)13(15,16)17/h2-7H,1H3. The normalized spacial score (nSPS) is 12.2. The molecule has 0 aliphatic rings. The summed E-state index contributed by atoms with van der Waals surface area (Å²) in [5.74, 6) is -0.803. The number of rotatable bonds is 3. The average molecular weight is 352 g/mol. The Labute approximate surface area is 129 Å². The number of hydrogen-bond donors (Lipinski definition) is 0. The van der Waals surface area contributed by atoms with Gasteiger partial charge >= 0.3 is 16.3 Å². The maximum atomic E-state index is 12.8. The molecule has 0 saturated carbocycles. The van der Waals surface area contributed by atoms with Crippen LogP contribution >= 0.6 is 11.6 Å².